The zero-order chi connectivity index (χ0) is 17.8. The van der Waals surface area contributed by atoms with Gasteiger partial charge >= 0.3 is 5.97 Å². The molecule has 3 saturated carbocycles. The summed E-state index contributed by atoms with van der Waals surface area (Å²) in [4.78, 5) is 10.9. The molecule has 0 heterocycles. The van der Waals surface area contributed by atoms with Gasteiger partial charge in [-0.15, -0.1) is 0 Å². The number of ether oxygens (including phenoxy) is 1. The van der Waals surface area contributed by atoms with Crippen molar-refractivity contribution < 1.29 is 9.53 Å². The highest BCUT2D eigenvalue weighted by Crippen LogP contribution is 2.65. The molecule has 0 unspecified atom stereocenters. The van der Waals surface area contributed by atoms with E-state index in [9.17, 15) is 4.79 Å². The zero-order valence-corrected chi connectivity index (χ0v) is 16.7. The molecule has 4 aliphatic carbocycles. The van der Waals surface area contributed by atoms with Crippen LogP contribution in [0, 0.1) is 28.6 Å². The average Bonchev–Trinajstić information content (AvgIpc) is 2.91. The number of carbonyl (C=O) groups is 1. The van der Waals surface area contributed by atoms with Gasteiger partial charge in [-0.25, -0.2) is 4.79 Å². The Morgan fingerprint density at radius 3 is 2.76 bits per heavy atom. The molecule has 0 spiro atoms. The van der Waals surface area contributed by atoms with Gasteiger partial charge < -0.3 is 4.74 Å². The fourth-order valence-electron chi connectivity index (χ4n) is 6.68. The van der Waals surface area contributed by atoms with Crippen LogP contribution in [0.2, 0.25) is 0 Å². The van der Waals surface area contributed by atoms with Crippen LogP contribution in [0.15, 0.2) is 23.8 Å². The quantitative estimate of drug-likeness (QED) is 0.341. The first kappa shape index (κ1) is 17.9. The second-order valence-electron chi connectivity index (χ2n) is 8.91. The summed E-state index contributed by atoms with van der Waals surface area (Å²) in [6.07, 6.45) is 15.3. The Labute approximate surface area is 161 Å². The van der Waals surface area contributed by atoms with Gasteiger partial charge in [-0.1, -0.05) is 60.9 Å². The monoisotopic (exact) mass is 382 g/mol. The summed E-state index contributed by atoms with van der Waals surface area (Å²) in [5.41, 5.74) is 1.98. The number of hydrogen-bond acceptors (Lipinski definition) is 2. The summed E-state index contributed by atoms with van der Waals surface area (Å²) in [5, 5.41) is 0. The van der Waals surface area contributed by atoms with Gasteiger partial charge in [-0.3, -0.25) is 0 Å². The maximum Gasteiger partial charge on any atom is 0.339 e. The summed E-state index contributed by atoms with van der Waals surface area (Å²) < 4.78 is 5.73. The molecule has 6 atom stereocenters. The van der Waals surface area contributed by atoms with Crippen LogP contribution in [-0.2, 0) is 9.53 Å². The summed E-state index contributed by atoms with van der Waals surface area (Å²) >= 11 is 11.4. The van der Waals surface area contributed by atoms with Gasteiger partial charge in [-0.2, -0.15) is 0 Å². The zero-order valence-electron chi connectivity index (χ0n) is 15.1. The minimum atomic E-state index is -1.08. The van der Waals surface area contributed by atoms with Gasteiger partial charge in [0.2, 0.25) is 4.84 Å². The number of rotatable bonds is 2. The van der Waals surface area contributed by atoms with Crippen LogP contribution in [0.3, 0.4) is 0 Å². The number of alkyl halides is 2. The molecule has 3 fully saturated rings. The van der Waals surface area contributed by atoms with E-state index in [1.165, 1.54) is 19.3 Å². The molecule has 4 heteroatoms. The molecule has 138 valence electrons. The Bertz CT molecular complexity index is 625. The third kappa shape index (κ3) is 2.70. The molecule has 4 aliphatic rings. The third-order valence-corrected chi connectivity index (χ3v) is 8.32. The SMILES string of the molecule is C[C@]12CC[C@H]3[C@@H](CCC4=CCC=C[C@@]43C)[C@@H]1CC[C@H]2OC(=O)C(Cl)Cl. The molecule has 25 heavy (non-hydrogen) atoms. The van der Waals surface area contributed by atoms with Crippen LogP contribution < -0.4 is 0 Å². The molecule has 0 amide bonds. The lowest BCUT2D eigenvalue weighted by Gasteiger charge is -2.56. The normalized spacial score (nSPS) is 45.4. The second-order valence-corrected chi connectivity index (χ2v) is 10.0. The lowest BCUT2D eigenvalue weighted by molar-refractivity contribution is -0.157. The van der Waals surface area contributed by atoms with Crippen LogP contribution in [-0.4, -0.2) is 16.9 Å². The van der Waals surface area contributed by atoms with E-state index in [4.69, 9.17) is 27.9 Å². The molecular weight excluding hydrogens is 355 g/mol. The van der Waals surface area contributed by atoms with Crippen molar-refractivity contribution in [3.8, 4) is 0 Å². The predicted molar refractivity (Wildman–Crippen MR) is 102 cm³/mol. The van der Waals surface area contributed by atoms with E-state index in [0.717, 1.165) is 37.5 Å². The number of hydrogen-bond donors (Lipinski definition) is 0. The second kappa shape index (κ2) is 6.30. The van der Waals surface area contributed by atoms with Gasteiger partial charge in [-0.05, 0) is 62.7 Å². The topological polar surface area (TPSA) is 26.3 Å². The molecule has 0 aromatic rings. The maximum atomic E-state index is 11.9. The van der Waals surface area contributed by atoms with Gasteiger partial charge in [0.25, 0.3) is 0 Å². The predicted octanol–water partition coefficient (Wildman–Crippen LogP) is 5.83. The molecule has 0 radical (unpaired) electrons. The number of halogens is 2. The van der Waals surface area contributed by atoms with E-state index in [1.807, 2.05) is 0 Å². The third-order valence-electron chi connectivity index (χ3n) is 7.96. The summed E-state index contributed by atoms with van der Waals surface area (Å²) in [6, 6.07) is 0. The molecule has 0 aromatic heterocycles. The fraction of sp³-hybridized carbons (Fsp3) is 0.762. The van der Waals surface area contributed by atoms with Crippen LogP contribution in [0.5, 0.6) is 0 Å². The molecule has 0 aromatic carbocycles. The van der Waals surface area contributed by atoms with E-state index in [0.29, 0.717) is 5.92 Å². The minimum absolute atomic E-state index is 0.0300. The molecule has 4 rings (SSSR count). The summed E-state index contributed by atoms with van der Waals surface area (Å²) in [5.74, 6) is 1.62. The highest BCUT2D eigenvalue weighted by atomic mass is 35.5. The largest absolute Gasteiger partial charge is 0.460 e. The number of fused-ring (bicyclic) bond motifs is 5. The van der Waals surface area contributed by atoms with E-state index >= 15 is 0 Å². The highest BCUT2D eigenvalue weighted by Gasteiger charge is 2.59. The minimum Gasteiger partial charge on any atom is -0.460 e. The maximum absolute atomic E-state index is 11.9. The first-order valence-corrected chi connectivity index (χ1v) is 10.6. The Kier molecular flexibility index (Phi) is 4.52. The lowest BCUT2D eigenvalue weighted by Crippen LogP contribution is -2.50. The number of esters is 1. The smallest absolute Gasteiger partial charge is 0.339 e. The van der Waals surface area contributed by atoms with Gasteiger partial charge in [0.05, 0.1) is 0 Å². The fourth-order valence-corrected chi connectivity index (χ4v) is 6.78. The van der Waals surface area contributed by atoms with Gasteiger partial charge in [0.15, 0.2) is 0 Å². The van der Waals surface area contributed by atoms with Crippen molar-refractivity contribution in [1.29, 1.82) is 0 Å². The summed E-state index contributed by atoms with van der Waals surface area (Å²) in [7, 11) is 0. The molecule has 2 nitrogen and oxygen atoms in total. The Morgan fingerprint density at radius 2 is 2.00 bits per heavy atom. The van der Waals surface area contributed by atoms with Crippen molar-refractivity contribution in [1.82, 2.24) is 0 Å². The summed E-state index contributed by atoms with van der Waals surface area (Å²) in [6.45, 7) is 4.78. The van der Waals surface area contributed by atoms with Crippen molar-refractivity contribution in [2.45, 2.75) is 69.7 Å². The van der Waals surface area contributed by atoms with E-state index in [1.54, 1.807) is 5.57 Å². The first-order valence-electron chi connectivity index (χ1n) is 9.72. The van der Waals surface area contributed by atoms with Crippen LogP contribution in [0.25, 0.3) is 0 Å². The van der Waals surface area contributed by atoms with Crippen molar-refractivity contribution in [3.05, 3.63) is 23.8 Å². The molecule has 0 aliphatic heterocycles. The highest BCUT2D eigenvalue weighted by molar-refractivity contribution is 6.52. The van der Waals surface area contributed by atoms with Gasteiger partial charge in [0.1, 0.15) is 6.10 Å². The van der Waals surface area contributed by atoms with Crippen LogP contribution in [0.4, 0.5) is 0 Å². The number of carbonyl (C=O) groups excluding carboxylic acids is 1. The lowest BCUT2D eigenvalue weighted by atomic mass is 9.48. The van der Waals surface area contributed by atoms with Crippen molar-refractivity contribution >= 4 is 29.2 Å². The number of allylic oxidation sites excluding steroid dienone is 4. The standard InChI is InChI=1S/C21H28Cl2O2/c1-20-11-4-3-5-13(20)6-7-14-15-8-9-17(25-19(24)18(22)23)21(15,2)12-10-16(14)20/h4-5,11,14-18H,3,6-10,12H2,1-2H3/t14-,15-,16-,17+,20-,21-/m0/s1. The van der Waals surface area contributed by atoms with Crippen molar-refractivity contribution in [3.63, 3.8) is 0 Å². The van der Waals surface area contributed by atoms with Crippen LogP contribution >= 0.6 is 23.2 Å². The Morgan fingerprint density at radius 1 is 1.20 bits per heavy atom. The van der Waals surface area contributed by atoms with E-state index < -0.39 is 10.8 Å². The molecule has 0 bridgehead atoms. The first-order chi connectivity index (χ1) is 11.9. The molecule has 0 N–H and O–H groups in total. The van der Waals surface area contributed by atoms with E-state index in [2.05, 4.69) is 32.1 Å². The average molecular weight is 383 g/mol. The van der Waals surface area contributed by atoms with Crippen molar-refractivity contribution in [2.75, 3.05) is 0 Å². The molecular formula is C21H28Cl2O2. The van der Waals surface area contributed by atoms with Gasteiger partial charge in [0, 0.05) is 10.8 Å². The van der Waals surface area contributed by atoms with Crippen LogP contribution in [0.1, 0.15) is 58.8 Å². The molecule has 0 saturated heterocycles. The Balaban J connectivity index is 1.58. The van der Waals surface area contributed by atoms with Crippen molar-refractivity contribution in [2.24, 2.45) is 28.6 Å². The van der Waals surface area contributed by atoms with E-state index in [-0.39, 0.29) is 16.9 Å². The Hall–Kier alpha value is -0.470.